The number of nitrogens with two attached hydrogens (primary N) is 1. The average Bonchev–Trinajstić information content (AvgIpc) is 2.51. The maximum Gasteiger partial charge on any atom is 0.289 e. The van der Waals surface area contributed by atoms with Crippen LogP contribution in [0.1, 0.15) is 23.2 Å². The lowest BCUT2D eigenvalue weighted by atomic mass is 10.3. The number of amides is 1. The van der Waals surface area contributed by atoms with Crippen molar-refractivity contribution in [1.82, 2.24) is 10.3 Å². The van der Waals surface area contributed by atoms with Gasteiger partial charge in [-0.2, -0.15) is 0 Å². The highest BCUT2D eigenvalue weighted by Crippen LogP contribution is 2.04. The lowest BCUT2D eigenvalue weighted by Gasteiger charge is -2.09. The van der Waals surface area contributed by atoms with Crippen LogP contribution in [0.3, 0.4) is 0 Å². The van der Waals surface area contributed by atoms with E-state index in [0.29, 0.717) is 12.2 Å². The Morgan fingerprint density at radius 2 is 2.27 bits per heavy atom. The van der Waals surface area contributed by atoms with Gasteiger partial charge in [-0.25, -0.2) is 4.98 Å². The van der Waals surface area contributed by atoms with Crippen LogP contribution in [-0.4, -0.2) is 23.5 Å². The second-order valence-corrected chi connectivity index (χ2v) is 2.88. The molecule has 1 atom stereocenters. The smallest absolute Gasteiger partial charge is 0.289 e. The predicted octanol–water partition coefficient (Wildman–Crippen LogP) is 0.904. The Bertz CT molecular complexity index is 304. The molecule has 0 bridgehead atoms. The Morgan fingerprint density at radius 3 is 2.67 bits per heavy atom. The molecular formula is C8H15Cl2N3O2. The SMILES string of the molecule is Cc1ncoc1C(=O)N[C@@H](C)CN.Cl.Cl. The summed E-state index contributed by atoms with van der Waals surface area (Å²) in [6.07, 6.45) is 1.25. The molecule has 0 aromatic carbocycles. The summed E-state index contributed by atoms with van der Waals surface area (Å²) < 4.78 is 4.91. The molecule has 0 saturated carbocycles. The largest absolute Gasteiger partial charge is 0.438 e. The number of hydrogen-bond donors (Lipinski definition) is 2. The first-order valence-corrected chi connectivity index (χ1v) is 4.06. The van der Waals surface area contributed by atoms with Gasteiger partial charge < -0.3 is 15.5 Å². The first kappa shape index (κ1) is 16.6. The molecule has 5 nitrogen and oxygen atoms in total. The number of carbonyl (C=O) groups excluding carboxylic acids is 1. The molecule has 1 rings (SSSR count). The molecule has 0 aliphatic heterocycles. The number of rotatable bonds is 3. The molecule has 0 aliphatic rings. The number of nitrogens with zero attached hydrogens (tertiary/aromatic N) is 1. The van der Waals surface area contributed by atoms with E-state index in [9.17, 15) is 4.79 Å². The fourth-order valence-electron chi connectivity index (χ4n) is 0.868. The normalized spacial score (nSPS) is 10.9. The van der Waals surface area contributed by atoms with Gasteiger partial charge in [-0.1, -0.05) is 0 Å². The standard InChI is InChI=1S/C8H13N3O2.2ClH/c1-5(3-9)11-8(12)7-6(2)10-4-13-7;;/h4-5H,3,9H2,1-2H3,(H,11,12);2*1H/t5-;;/m0../s1. The van der Waals surface area contributed by atoms with Crippen LogP contribution >= 0.6 is 24.8 Å². The first-order valence-electron chi connectivity index (χ1n) is 4.06. The highest BCUT2D eigenvalue weighted by atomic mass is 35.5. The lowest BCUT2D eigenvalue weighted by Crippen LogP contribution is -2.37. The summed E-state index contributed by atoms with van der Waals surface area (Å²) in [6.45, 7) is 3.94. The highest BCUT2D eigenvalue weighted by Gasteiger charge is 2.14. The molecule has 7 heteroatoms. The third-order valence-corrected chi connectivity index (χ3v) is 1.68. The van der Waals surface area contributed by atoms with Gasteiger partial charge in [0.1, 0.15) is 0 Å². The van der Waals surface area contributed by atoms with Crippen molar-refractivity contribution < 1.29 is 9.21 Å². The quantitative estimate of drug-likeness (QED) is 0.842. The molecule has 0 spiro atoms. The average molecular weight is 256 g/mol. The van der Waals surface area contributed by atoms with Crippen molar-refractivity contribution in [3.05, 3.63) is 17.8 Å². The molecule has 0 radical (unpaired) electrons. The van der Waals surface area contributed by atoms with Crippen molar-refractivity contribution in [3.8, 4) is 0 Å². The number of carbonyl (C=O) groups is 1. The molecule has 0 saturated heterocycles. The van der Waals surface area contributed by atoms with E-state index in [0.717, 1.165) is 0 Å². The van der Waals surface area contributed by atoms with E-state index in [1.807, 2.05) is 6.92 Å². The van der Waals surface area contributed by atoms with E-state index in [1.54, 1.807) is 6.92 Å². The highest BCUT2D eigenvalue weighted by molar-refractivity contribution is 5.92. The van der Waals surface area contributed by atoms with Crippen LogP contribution in [-0.2, 0) is 0 Å². The van der Waals surface area contributed by atoms with Crippen LogP contribution in [0, 0.1) is 6.92 Å². The van der Waals surface area contributed by atoms with Crippen LogP contribution in [0.4, 0.5) is 0 Å². The van der Waals surface area contributed by atoms with Gasteiger partial charge in [-0.3, -0.25) is 4.79 Å². The molecule has 0 fully saturated rings. The Labute approximate surface area is 101 Å². The summed E-state index contributed by atoms with van der Waals surface area (Å²) in [4.78, 5) is 15.2. The maximum absolute atomic E-state index is 11.4. The zero-order chi connectivity index (χ0) is 9.84. The van der Waals surface area contributed by atoms with Crippen LogP contribution < -0.4 is 11.1 Å². The van der Waals surface area contributed by atoms with E-state index >= 15 is 0 Å². The van der Waals surface area contributed by atoms with Crippen LogP contribution in [0.5, 0.6) is 0 Å². The Balaban J connectivity index is 0. The molecule has 1 aromatic heterocycles. The van der Waals surface area contributed by atoms with Crippen LogP contribution in [0.15, 0.2) is 10.8 Å². The zero-order valence-electron chi connectivity index (χ0n) is 8.52. The molecule has 1 amide bonds. The molecule has 1 aromatic rings. The van der Waals surface area contributed by atoms with Gasteiger partial charge in [0, 0.05) is 12.6 Å². The molecule has 3 N–H and O–H groups in total. The summed E-state index contributed by atoms with van der Waals surface area (Å²) in [5.41, 5.74) is 5.94. The third-order valence-electron chi connectivity index (χ3n) is 1.68. The van der Waals surface area contributed by atoms with E-state index in [4.69, 9.17) is 10.2 Å². The Hall–Kier alpha value is -0.780. The van der Waals surface area contributed by atoms with Crippen LogP contribution in [0.25, 0.3) is 0 Å². The van der Waals surface area contributed by atoms with Crippen molar-refractivity contribution in [2.45, 2.75) is 19.9 Å². The lowest BCUT2D eigenvalue weighted by molar-refractivity contribution is 0.0912. The van der Waals surface area contributed by atoms with E-state index in [1.165, 1.54) is 6.39 Å². The number of aromatic nitrogens is 1. The molecule has 88 valence electrons. The van der Waals surface area contributed by atoms with Gasteiger partial charge in [-0.05, 0) is 13.8 Å². The molecule has 0 unspecified atom stereocenters. The van der Waals surface area contributed by atoms with Gasteiger partial charge >= 0.3 is 0 Å². The minimum absolute atomic E-state index is 0. The minimum atomic E-state index is -0.270. The Kier molecular flexibility index (Phi) is 8.33. The molecule has 0 aliphatic carbocycles. The zero-order valence-corrected chi connectivity index (χ0v) is 10.2. The molecule has 1 heterocycles. The number of hydrogen-bond acceptors (Lipinski definition) is 4. The van der Waals surface area contributed by atoms with Crippen molar-refractivity contribution in [2.24, 2.45) is 5.73 Å². The number of halogens is 2. The van der Waals surface area contributed by atoms with Crippen LogP contribution in [0.2, 0.25) is 0 Å². The van der Waals surface area contributed by atoms with Gasteiger partial charge in [-0.15, -0.1) is 24.8 Å². The maximum atomic E-state index is 11.4. The van der Waals surface area contributed by atoms with Gasteiger partial charge in [0.05, 0.1) is 5.69 Å². The van der Waals surface area contributed by atoms with Crippen molar-refractivity contribution in [1.29, 1.82) is 0 Å². The summed E-state index contributed by atoms with van der Waals surface area (Å²) in [5, 5.41) is 2.68. The Morgan fingerprint density at radius 1 is 1.67 bits per heavy atom. The topological polar surface area (TPSA) is 81.2 Å². The fraction of sp³-hybridized carbons (Fsp3) is 0.500. The molecular weight excluding hydrogens is 241 g/mol. The minimum Gasteiger partial charge on any atom is -0.438 e. The van der Waals surface area contributed by atoms with Gasteiger partial charge in [0.15, 0.2) is 6.39 Å². The third kappa shape index (κ3) is 4.51. The summed E-state index contributed by atoms with van der Waals surface area (Å²) in [5.74, 6) is -0.0201. The number of aryl methyl sites for hydroxylation is 1. The fourth-order valence-corrected chi connectivity index (χ4v) is 0.868. The van der Waals surface area contributed by atoms with E-state index in [2.05, 4.69) is 10.3 Å². The predicted molar refractivity (Wildman–Crippen MR) is 61.7 cm³/mol. The van der Waals surface area contributed by atoms with Gasteiger partial charge in [0.2, 0.25) is 5.76 Å². The monoisotopic (exact) mass is 255 g/mol. The van der Waals surface area contributed by atoms with Gasteiger partial charge in [0.25, 0.3) is 5.91 Å². The second-order valence-electron chi connectivity index (χ2n) is 2.88. The second kappa shape index (κ2) is 7.50. The first-order chi connectivity index (χ1) is 6.15. The summed E-state index contributed by atoms with van der Waals surface area (Å²) in [7, 11) is 0. The van der Waals surface area contributed by atoms with E-state index in [-0.39, 0.29) is 42.5 Å². The van der Waals surface area contributed by atoms with Crippen molar-refractivity contribution in [3.63, 3.8) is 0 Å². The van der Waals surface area contributed by atoms with Crippen molar-refractivity contribution >= 4 is 30.7 Å². The number of oxazole rings is 1. The van der Waals surface area contributed by atoms with Crippen molar-refractivity contribution in [2.75, 3.05) is 6.54 Å². The summed E-state index contributed by atoms with van der Waals surface area (Å²) >= 11 is 0. The molecule has 15 heavy (non-hydrogen) atoms. The number of nitrogens with one attached hydrogen (secondary N) is 1. The summed E-state index contributed by atoms with van der Waals surface area (Å²) in [6, 6.07) is -0.0583. The van der Waals surface area contributed by atoms with E-state index < -0.39 is 0 Å².